The Morgan fingerprint density at radius 3 is 2.56 bits per heavy atom. The number of nitrogens with zero attached hydrogens (tertiary/aromatic N) is 2. The molecule has 1 heterocycles. The van der Waals surface area contributed by atoms with E-state index >= 15 is 0 Å². The van der Waals surface area contributed by atoms with Gasteiger partial charge in [0.1, 0.15) is 23.3 Å². The van der Waals surface area contributed by atoms with Crippen LogP contribution >= 0.6 is 11.6 Å². The normalized spacial score (nSPS) is 19.4. The van der Waals surface area contributed by atoms with E-state index in [1.165, 1.54) is 18.2 Å². The van der Waals surface area contributed by atoms with Gasteiger partial charge in [0.05, 0.1) is 5.02 Å². The minimum atomic E-state index is -0.537. The van der Waals surface area contributed by atoms with Gasteiger partial charge in [-0.15, -0.1) is 0 Å². The number of carbonyl (C=O) groups excluding carboxylic acids is 1. The number of halogens is 2. The zero-order chi connectivity index (χ0) is 19.4. The van der Waals surface area contributed by atoms with E-state index in [1.807, 2.05) is 20.0 Å². The average Bonchev–Trinajstić information content (AvgIpc) is 2.65. The number of carbonyl (C=O) groups is 1. The third-order valence-corrected chi connectivity index (χ3v) is 4.98. The molecular formula is C19H23ClFN5O. The molecule has 144 valence electrons. The molecule has 0 spiro atoms. The number of aromatic nitrogens is 2. The van der Waals surface area contributed by atoms with Crippen LogP contribution < -0.4 is 16.0 Å². The second-order valence-electron chi connectivity index (χ2n) is 6.68. The van der Waals surface area contributed by atoms with E-state index in [4.69, 9.17) is 11.6 Å². The van der Waals surface area contributed by atoms with Crippen molar-refractivity contribution < 1.29 is 9.18 Å². The van der Waals surface area contributed by atoms with Gasteiger partial charge in [0.15, 0.2) is 0 Å². The molecule has 2 aromatic rings. The first-order valence-corrected chi connectivity index (χ1v) is 9.40. The molecule has 1 aromatic carbocycles. The summed E-state index contributed by atoms with van der Waals surface area (Å²) in [5.74, 6) is 1.34. The monoisotopic (exact) mass is 391 g/mol. The molecule has 3 N–H and O–H groups in total. The predicted octanol–water partition coefficient (Wildman–Crippen LogP) is 3.77. The van der Waals surface area contributed by atoms with Crippen LogP contribution in [0.2, 0.25) is 5.02 Å². The standard InChI is InChI=1S/C19H23ClFN5O/c1-11-23-17(22-2)10-18(24-11)25-15-5-3-4-6-16(15)26-19(27)12-7-8-14(21)13(20)9-12/h7-10,15-16H,3-6H2,1-2H3,(H,26,27)(H2,22,23,24,25). The third kappa shape index (κ3) is 4.86. The first-order chi connectivity index (χ1) is 13.0. The summed E-state index contributed by atoms with van der Waals surface area (Å²) < 4.78 is 13.3. The highest BCUT2D eigenvalue weighted by Crippen LogP contribution is 2.23. The maximum Gasteiger partial charge on any atom is 0.251 e. The van der Waals surface area contributed by atoms with Crippen LogP contribution in [0, 0.1) is 12.7 Å². The highest BCUT2D eigenvalue weighted by atomic mass is 35.5. The maximum atomic E-state index is 13.3. The Morgan fingerprint density at radius 2 is 1.85 bits per heavy atom. The Labute approximate surface area is 162 Å². The predicted molar refractivity (Wildman–Crippen MR) is 105 cm³/mol. The quantitative estimate of drug-likeness (QED) is 0.723. The number of nitrogens with one attached hydrogen (secondary N) is 3. The molecule has 6 nitrogen and oxygen atoms in total. The molecule has 2 atom stereocenters. The summed E-state index contributed by atoms with van der Waals surface area (Å²) >= 11 is 5.79. The molecule has 1 aliphatic rings. The topological polar surface area (TPSA) is 78.9 Å². The third-order valence-electron chi connectivity index (χ3n) is 4.69. The van der Waals surface area contributed by atoms with E-state index in [0.717, 1.165) is 37.3 Å². The van der Waals surface area contributed by atoms with E-state index < -0.39 is 5.82 Å². The Balaban J connectivity index is 1.72. The first kappa shape index (κ1) is 19.4. The highest BCUT2D eigenvalue weighted by Gasteiger charge is 2.27. The van der Waals surface area contributed by atoms with Crippen molar-refractivity contribution in [2.24, 2.45) is 0 Å². The van der Waals surface area contributed by atoms with Gasteiger partial charge in [-0.2, -0.15) is 0 Å². The molecular weight excluding hydrogens is 369 g/mol. The number of hydrogen-bond acceptors (Lipinski definition) is 5. The molecule has 0 bridgehead atoms. The van der Waals surface area contributed by atoms with Gasteiger partial charge >= 0.3 is 0 Å². The Kier molecular flexibility index (Phi) is 6.11. The van der Waals surface area contributed by atoms with E-state index in [1.54, 1.807) is 0 Å². The molecule has 27 heavy (non-hydrogen) atoms. The second-order valence-corrected chi connectivity index (χ2v) is 7.09. The summed E-state index contributed by atoms with van der Waals surface area (Å²) in [6.07, 6.45) is 3.90. The van der Waals surface area contributed by atoms with Crippen LogP contribution in [0.3, 0.4) is 0 Å². The molecule has 1 fully saturated rings. The minimum Gasteiger partial charge on any atom is -0.373 e. The molecule has 1 aliphatic carbocycles. The summed E-state index contributed by atoms with van der Waals surface area (Å²) in [7, 11) is 1.81. The molecule has 1 saturated carbocycles. The van der Waals surface area contributed by atoms with Crippen LogP contribution in [0.15, 0.2) is 24.3 Å². The van der Waals surface area contributed by atoms with Gasteiger partial charge in [-0.25, -0.2) is 14.4 Å². The summed E-state index contributed by atoms with van der Waals surface area (Å²) in [5, 5.41) is 9.44. The summed E-state index contributed by atoms with van der Waals surface area (Å²) in [5.41, 5.74) is 0.348. The van der Waals surface area contributed by atoms with Crippen molar-refractivity contribution in [2.45, 2.75) is 44.7 Å². The van der Waals surface area contributed by atoms with Crippen LogP contribution in [0.4, 0.5) is 16.0 Å². The van der Waals surface area contributed by atoms with Gasteiger partial charge in [-0.1, -0.05) is 24.4 Å². The summed E-state index contributed by atoms with van der Waals surface area (Å²) in [6, 6.07) is 5.84. The summed E-state index contributed by atoms with van der Waals surface area (Å²) in [6.45, 7) is 1.84. The molecule has 2 unspecified atom stereocenters. The Morgan fingerprint density at radius 1 is 1.15 bits per heavy atom. The molecule has 1 amide bonds. The average molecular weight is 392 g/mol. The number of anilines is 2. The van der Waals surface area contributed by atoms with Gasteiger partial charge < -0.3 is 16.0 Å². The van der Waals surface area contributed by atoms with Crippen molar-refractivity contribution in [3.8, 4) is 0 Å². The lowest BCUT2D eigenvalue weighted by Gasteiger charge is -2.33. The SMILES string of the molecule is CNc1cc(NC2CCCCC2NC(=O)c2ccc(F)c(Cl)c2)nc(C)n1. The van der Waals surface area contributed by atoms with Crippen molar-refractivity contribution in [1.29, 1.82) is 0 Å². The first-order valence-electron chi connectivity index (χ1n) is 9.02. The van der Waals surface area contributed by atoms with Gasteiger partial charge in [0.2, 0.25) is 0 Å². The summed E-state index contributed by atoms with van der Waals surface area (Å²) in [4.78, 5) is 21.3. The molecule has 0 saturated heterocycles. The van der Waals surface area contributed by atoms with Crippen molar-refractivity contribution in [3.05, 3.63) is 46.5 Å². The maximum absolute atomic E-state index is 13.3. The Hall–Kier alpha value is -2.41. The zero-order valence-electron chi connectivity index (χ0n) is 15.4. The van der Waals surface area contributed by atoms with Gasteiger partial charge in [-0.05, 0) is 38.0 Å². The van der Waals surface area contributed by atoms with Crippen LogP contribution in [-0.4, -0.2) is 35.0 Å². The number of amides is 1. The lowest BCUT2D eigenvalue weighted by Crippen LogP contribution is -2.48. The van der Waals surface area contributed by atoms with Crippen molar-refractivity contribution in [1.82, 2.24) is 15.3 Å². The zero-order valence-corrected chi connectivity index (χ0v) is 16.1. The van der Waals surface area contributed by atoms with Crippen molar-refractivity contribution >= 4 is 29.1 Å². The van der Waals surface area contributed by atoms with Gasteiger partial charge in [0.25, 0.3) is 5.91 Å². The smallest absolute Gasteiger partial charge is 0.251 e. The largest absolute Gasteiger partial charge is 0.373 e. The van der Waals surface area contributed by atoms with Gasteiger partial charge in [0, 0.05) is 30.8 Å². The van der Waals surface area contributed by atoms with Crippen molar-refractivity contribution in [3.63, 3.8) is 0 Å². The second kappa shape index (κ2) is 8.52. The number of hydrogen-bond donors (Lipinski definition) is 3. The van der Waals surface area contributed by atoms with Crippen LogP contribution in [-0.2, 0) is 0 Å². The van der Waals surface area contributed by atoms with Crippen LogP contribution in [0.1, 0.15) is 41.9 Å². The fourth-order valence-electron chi connectivity index (χ4n) is 3.33. The molecule has 0 radical (unpaired) electrons. The molecule has 0 aliphatic heterocycles. The van der Waals surface area contributed by atoms with Gasteiger partial charge in [-0.3, -0.25) is 4.79 Å². The number of rotatable bonds is 5. The fourth-order valence-corrected chi connectivity index (χ4v) is 3.51. The lowest BCUT2D eigenvalue weighted by molar-refractivity contribution is 0.0923. The number of benzene rings is 1. The molecule has 8 heteroatoms. The minimum absolute atomic E-state index is 0.0524. The van der Waals surface area contributed by atoms with Crippen molar-refractivity contribution in [2.75, 3.05) is 17.7 Å². The highest BCUT2D eigenvalue weighted by molar-refractivity contribution is 6.31. The number of aryl methyl sites for hydroxylation is 1. The van der Waals surface area contributed by atoms with E-state index in [-0.39, 0.29) is 23.0 Å². The molecule has 1 aromatic heterocycles. The van der Waals surface area contributed by atoms with Crippen LogP contribution in [0.25, 0.3) is 0 Å². The Bertz CT molecular complexity index is 832. The van der Waals surface area contributed by atoms with Crippen LogP contribution in [0.5, 0.6) is 0 Å². The van der Waals surface area contributed by atoms with E-state index in [2.05, 4.69) is 25.9 Å². The lowest BCUT2D eigenvalue weighted by atomic mass is 9.90. The molecule has 3 rings (SSSR count). The fraction of sp³-hybridized carbons (Fsp3) is 0.421. The van der Waals surface area contributed by atoms with E-state index in [9.17, 15) is 9.18 Å². The van der Waals surface area contributed by atoms with E-state index in [0.29, 0.717) is 11.4 Å².